The SMILES string of the molecule is CC(CN)C(=O)Nc1ccc(-n2cccn2)nc1.Cl.Cl. The van der Waals surface area contributed by atoms with Crippen LogP contribution in [0.4, 0.5) is 5.69 Å². The number of nitrogens with one attached hydrogen (secondary N) is 1. The van der Waals surface area contributed by atoms with Crippen LogP contribution < -0.4 is 11.1 Å². The van der Waals surface area contributed by atoms with Gasteiger partial charge in [0.25, 0.3) is 0 Å². The van der Waals surface area contributed by atoms with Crippen molar-refractivity contribution in [3.05, 3.63) is 36.8 Å². The first kappa shape index (κ1) is 18.4. The first-order valence-corrected chi connectivity index (χ1v) is 5.67. The Morgan fingerprint density at radius 3 is 2.70 bits per heavy atom. The van der Waals surface area contributed by atoms with Gasteiger partial charge in [-0.05, 0) is 18.2 Å². The quantitative estimate of drug-likeness (QED) is 0.897. The molecule has 0 fully saturated rings. The Morgan fingerprint density at radius 2 is 2.20 bits per heavy atom. The van der Waals surface area contributed by atoms with Gasteiger partial charge in [-0.15, -0.1) is 24.8 Å². The molecular formula is C12H17Cl2N5O. The highest BCUT2D eigenvalue weighted by molar-refractivity contribution is 5.92. The van der Waals surface area contributed by atoms with Crippen LogP contribution in [0.3, 0.4) is 0 Å². The highest BCUT2D eigenvalue weighted by Crippen LogP contribution is 2.10. The molecule has 3 N–H and O–H groups in total. The molecule has 0 spiro atoms. The van der Waals surface area contributed by atoms with E-state index in [0.29, 0.717) is 18.1 Å². The van der Waals surface area contributed by atoms with Crippen LogP contribution in [-0.4, -0.2) is 27.2 Å². The number of nitrogens with two attached hydrogens (primary N) is 1. The molecule has 1 unspecified atom stereocenters. The van der Waals surface area contributed by atoms with Gasteiger partial charge in [-0.3, -0.25) is 4.79 Å². The predicted molar refractivity (Wildman–Crippen MR) is 82.7 cm³/mol. The number of anilines is 1. The molecule has 0 aliphatic carbocycles. The van der Waals surface area contributed by atoms with Crippen LogP contribution in [0.2, 0.25) is 0 Å². The Labute approximate surface area is 129 Å². The summed E-state index contributed by atoms with van der Waals surface area (Å²) in [6.07, 6.45) is 5.08. The average molecular weight is 318 g/mol. The lowest BCUT2D eigenvalue weighted by Crippen LogP contribution is -2.26. The fourth-order valence-electron chi connectivity index (χ4n) is 1.37. The lowest BCUT2D eigenvalue weighted by atomic mass is 10.1. The highest BCUT2D eigenvalue weighted by atomic mass is 35.5. The van der Waals surface area contributed by atoms with Crippen molar-refractivity contribution in [2.45, 2.75) is 6.92 Å². The Morgan fingerprint density at radius 1 is 1.45 bits per heavy atom. The maximum atomic E-state index is 11.6. The van der Waals surface area contributed by atoms with Crippen molar-refractivity contribution >= 4 is 36.4 Å². The minimum atomic E-state index is -0.212. The van der Waals surface area contributed by atoms with Gasteiger partial charge in [-0.25, -0.2) is 9.67 Å². The zero-order valence-corrected chi connectivity index (χ0v) is 12.5. The van der Waals surface area contributed by atoms with Gasteiger partial charge < -0.3 is 11.1 Å². The summed E-state index contributed by atoms with van der Waals surface area (Å²) in [5.74, 6) is 0.381. The van der Waals surface area contributed by atoms with Crippen molar-refractivity contribution in [1.29, 1.82) is 0 Å². The maximum Gasteiger partial charge on any atom is 0.228 e. The van der Waals surface area contributed by atoms with Gasteiger partial charge in [0.05, 0.1) is 11.9 Å². The van der Waals surface area contributed by atoms with E-state index in [0.717, 1.165) is 0 Å². The molecule has 2 aromatic rings. The van der Waals surface area contributed by atoms with Crippen molar-refractivity contribution in [3.8, 4) is 5.82 Å². The lowest BCUT2D eigenvalue weighted by molar-refractivity contribution is -0.119. The summed E-state index contributed by atoms with van der Waals surface area (Å²) < 4.78 is 1.65. The Bertz CT molecular complexity index is 515. The largest absolute Gasteiger partial charge is 0.330 e. The number of rotatable bonds is 4. The normalized spacial score (nSPS) is 10.9. The van der Waals surface area contributed by atoms with Gasteiger partial charge >= 0.3 is 0 Å². The third-order valence-electron chi connectivity index (χ3n) is 2.56. The molecule has 0 bridgehead atoms. The number of hydrogen-bond donors (Lipinski definition) is 2. The summed E-state index contributed by atoms with van der Waals surface area (Å²) in [4.78, 5) is 15.8. The number of amides is 1. The van der Waals surface area contributed by atoms with Crippen LogP contribution in [-0.2, 0) is 4.79 Å². The van der Waals surface area contributed by atoms with Crippen LogP contribution in [0.1, 0.15) is 6.92 Å². The molecule has 110 valence electrons. The standard InChI is InChI=1S/C12H15N5O.2ClH/c1-9(7-13)12(18)16-10-3-4-11(14-8-10)17-6-2-5-15-17;;/h2-6,8-9H,7,13H2,1H3,(H,16,18);2*1H. The third kappa shape index (κ3) is 4.48. The average Bonchev–Trinajstić information content (AvgIpc) is 2.92. The monoisotopic (exact) mass is 317 g/mol. The zero-order valence-electron chi connectivity index (χ0n) is 10.9. The van der Waals surface area contributed by atoms with Crippen LogP contribution in [0.5, 0.6) is 0 Å². The summed E-state index contributed by atoms with van der Waals surface area (Å²) >= 11 is 0. The molecule has 1 amide bonds. The summed E-state index contributed by atoms with van der Waals surface area (Å²) in [6, 6.07) is 5.39. The maximum absolute atomic E-state index is 11.6. The molecule has 6 nitrogen and oxygen atoms in total. The molecule has 2 aromatic heterocycles. The van der Waals surface area contributed by atoms with E-state index >= 15 is 0 Å². The van der Waals surface area contributed by atoms with Crippen LogP contribution in [0, 0.1) is 5.92 Å². The van der Waals surface area contributed by atoms with Gasteiger partial charge in [0, 0.05) is 24.9 Å². The van der Waals surface area contributed by atoms with E-state index in [9.17, 15) is 4.79 Å². The molecule has 0 aromatic carbocycles. The van der Waals surface area contributed by atoms with Gasteiger partial charge in [-0.1, -0.05) is 6.92 Å². The number of carbonyl (C=O) groups is 1. The first-order chi connectivity index (χ1) is 8.70. The molecule has 0 saturated carbocycles. The fraction of sp³-hybridized carbons (Fsp3) is 0.250. The molecule has 2 rings (SSSR count). The second-order valence-electron chi connectivity index (χ2n) is 3.98. The number of halogens is 2. The van der Waals surface area contributed by atoms with Crippen molar-refractivity contribution < 1.29 is 4.79 Å². The Hall–Kier alpha value is -1.63. The van der Waals surface area contributed by atoms with E-state index < -0.39 is 0 Å². The minimum Gasteiger partial charge on any atom is -0.330 e. The van der Waals surface area contributed by atoms with Gasteiger partial charge in [0.1, 0.15) is 0 Å². The number of carbonyl (C=O) groups excluding carboxylic acids is 1. The smallest absolute Gasteiger partial charge is 0.228 e. The van der Waals surface area contributed by atoms with Crippen molar-refractivity contribution in [3.63, 3.8) is 0 Å². The lowest BCUT2D eigenvalue weighted by Gasteiger charge is -2.09. The molecular weight excluding hydrogens is 301 g/mol. The van der Waals surface area contributed by atoms with E-state index in [1.165, 1.54) is 0 Å². The Kier molecular flexibility index (Phi) is 7.83. The first-order valence-electron chi connectivity index (χ1n) is 5.67. The molecule has 2 heterocycles. The highest BCUT2D eigenvalue weighted by Gasteiger charge is 2.10. The van der Waals surface area contributed by atoms with Gasteiger partial charge in [0.2, 0.25) is 5.91 Å². The summed E-state index contributed by atoms with van der Waals surface area (Å²) in [7, 11) is 0. The molecule has 0 saturated heterocycles. The second kappa shape index (κ2) is 8.52. The van der Waals surface area contributed by atoms with Crippen molar-refractivity contribution in [1.82, 2.24) is 14.8 Å². The van der Waals surface area contributed by atoms with Crippen molar-refractivity contribution in [2.24, 2.45) is 11.7 Å². The number of aromatic nitrogens is 3. The molecule has 0 radical (unpaired) electrons. The van der Waals surface area contributed by atoms with Crippen LogP contribution in [0.15, 0.2) is 36.8 Å². The topological polar surface area (TPSA) is 85.8 Å². The number of pyridine rings is 1. The molecule has 0 aliphatic rings. The van der Waals surface area contributed by atoms with E-state index in [4.69, 9.17) is 5.73 Å². The molecule has 8 heteroatoms. The predicted octanol–water partition coefficient (Wildman–Crippen LogP) is 1.64. The van der Waals surface area contributed by atoms with Gasteiger partial charge in [-0.2, -0.15) is 5.10 Å². The zero-order chi connectivity index (χ0) is 13.0. The summed E-state index contributed by atoms with van der Waals surface area (Å²) in [5, 5.41) is 6.82. The van der Waals surface area contributed by atoms with Crippen molar-refractivity contribution in [2.75, 3.05) is 11.9 Å². The summed E-state index contributed by atoms with van der Waals surface area (Å²) in [5.41, 5.74) is 6.08. The van der Waals surface area contributed by atoms with E-state index in [1.54, 1.807) is 42.3 Å². The molecule has 20 heavy (non-hydrogen) atoms. The van der Waals surface area contributed by atoms with Gasteiger partial charge in [0.15, 0.2) is 5.82 Å². The minimum absolute atomic E-state index is 0. The van der Waals surface area contributed by atoms with E-state index in [1.807, 2.05) is 6.07 Å². The molecule has 0 aliphatic heterocycles. The molecule has 1 atom stereocenters. The van der Waals surface area contributed by atoms with Crippen LogP contribution in [0.25, 0.3) is 5.82 Å². The van der Waals surface area contributed by atoms with E-state index in [-0.39, 0.29) is 36.6 Å². The third-order valence-corrected chi connectivity index (χ3v) is 2.56. The summed E-state index contributed by atoms with van der Waals surface area (Å²) in [6.45, 7) is 2.10. The Balaban J connectivity index is 0.00000180. The van der Waals surface area contributed by atoms with E-state index in [2.05, 4.69) is 15.4 Å². The number of hydrogen-bond acceptors (Lipinski definition) is 4. The fourth-order valence-corrected chi connectivity index (χ4v) is 1.37. The second-order valence-corrected chi connectivity index (χ2v) is 3.98. The number of nitrogens with zero attached hydrogens (tertiary/aromatic N) is 3. The van der Waals surface area contributed by atoms with Crippen LogP contribution >= 0.6 is 24.8 Å².